The Morgan fingerprint density at radius 3 is 2.77 bits per heavy atom. The zero-order chi connectivity index (χ0) is 15.9. The van der Waals surface area contributed by atoms with Crippen molar-refractivity contribution in [2.75, 3.05) is 18.2 Å². The van der Waals surface area contributed by atoms with E-state index in [0.717, 1.165) is 6.26 Å². The lowest BCUT2D eigenvalue weighted by atomic mass is 10.3. The molecule has 3 aromatic rings. The number of aromatic nitrogens is 3. The Balaban J connectivity index is 2.18. The van der Waals surface area contributed by atoms with Crippen molar-refractivity contribution in [3.8, 4) is 0 Å². The highest BCUT2D eigenvalue weighted by molar-refractivity contribution is 7.90. The molecule has 0 unspecified atom stereocenters. The minimum Gasteiger partial charge on any atom is -0.290 e. The molecular formula is C13H12N4O3S2. The molecular weight excluding hydrogens is 324 g/mol. The number of hydrogen-bond donors (Lipinski definition) is 0. The number of pyridine rings is 1. The fraction of sp³-hybridized carbons (Fsp3) is 0.154. The molecule has 0 aliphatic heterocycles. The maximum absolute atomic E-state index is 12.6. The second kappa shape index (κ2) is 5.18. The molecule has 0 fully saturated rings. The first-order chi connectivity index (χ1) is 10.4. The van der Waals surface area contributed by atoms with Gasteiger partial charge in [0.2, 0.25) is 15.0 Å². The summed E-state index contributed by atoms with van der Waals surface area (Å²) in [7, 11) is -1.97. The fourth-order valence-corrected chi connectivity index (χ4v) is 3.44. The Morgan fingerprint density at radius 1 is 1.36 bits per heavy atom. The lowest BCUT2D eigenvalue weighted by Crippen LogP contribution is -2.26. The molecule has 0 radical (unpaired) electrons. The van der Waals surface area contributed by atoms with Gasteiger partial charge < -0.3 is 0 Å². The van der Waals surface area contributed by atoms with Crippen molar-refractivity contribution in [1.82, 2.24) is 14.4 Å². The summed E-state index contributed by atoms with van der Waals surface area (Å²) in [6, 6.07) is 5.07. The first-order valence-electron chi connectivity index (χ1n) is 6.24. The predicted molar refractivity (Wildman–Crippen MR) is 83.1 cm³/mol. The van der Waals surface area contributed by atoms with Gasteiger partial charge in [0, 0.05) is 31.1 Å². The van der Waals surface area contributed by atoms with Gasteiger partial charge in [-0.25, -0.2) is 18.4 Å². The number of rotatable bonds is 3. The van der Waals surface area contributed by atoms with Crippen LogP contribution in [0.5, 0.6) is 0 Å². The van der Waals surface area contributed by atoms with Crippen LogP contribution in [0.3, 0.4) is 0 Å². The Hall–Kier alpha value is -2.26. The number of thiazole rings is 1. The molecule has 0 saturated carbocycles. The Kier molecular flexibility index (Phi) is 3.45. The zero-order valence-corrected chi connectivity index (χ0v) is 13.4. The summed E-state index contributed by atoms with van der Waals surface area (Å²) in [5.41, 5.74) is 0.523. The van der Waals surface area contributed by atoms with Gasteiger partial charge in [-0.2, -0.15) is 0 Å². The van der Waals surface area contributed by atoms with Crippen molar-refractivity contribution in [2.24, 2.45) is 0 Å². The molecule has 7 nitrogen and oxygen atoms in total. The van der Waals surface area contributed by atoms with E-state index in [2.05, 4.69) is 9.97 Å². The van der Waals surface area contributed by atoms with E-state index < -0.39 is 15.7 Å². The molecule has 0 bridgehead atoms. The highest BCUT2D eigenvalue weighted by Gasteiger charge is 2.25. The Bertz CT molecular complexity index is 945. The first kappa shape index (κ1) is 14.7. The fourth-order valence-electron chi connectivity index (χ4n) is 2.06. The van der Waals surface area contributed by atoms with E-state index in [1.165, 1.54) is 20.6 Å². The van der Waals surface area contributed by atoms with Gasteiger partial charge in [-0.3, -0.25) is 14.1 Å². The topological polar surface area (TPSA) is 84.6 Å². The normalized spacial score (nSPS) is 11.7. The minimum atomic E-state index is -3.55. The molecule has 0 aromatic carbocycles. The second-order valence-corrected chi connectivity index (χ2v) is 7.43. The van der Waals surface area contributed by atoms with E-state index in [1.807, 2.05) is 0 Å². The third-order valence-electron chi connectivity index (χ3n) is 3.06. The molecule has 9 heteroatoms. The summed E-state index contributed by atoms with van der Waals surface area (Å²) < 4.78 is 25.1. The number of carbonyl (C=O) groups is 1. The molecule has 3 heterocycles. The summed E-state index contributed by atoms with van der Waals surface area (Å²) in [6.45, 7) is 0. The summed E-state index contributed by atoms with van der Waals surface area (Å²) in [5, 5.41) is 2.12. The Labute approximate surface area is 130 Å². The van der Waals surface area contributed by atoms with Gasteiger partial charge in [0.15, 0.2) is 10.8 Å². The minimum absolute atomic E-state index is 0.0822. The average molecular weight is 336 g/mol. The number of nitrogens with zero attached hydrogens (tertiary/aromatic N) is 4. The maximum Gasteiger partial charge on any atom is 0.280 e. The lowest BCUT2D eigenvalue weighted by Gasteiger charge is -2.11. The van der Waals surface area contributed by atoms with Crippen molar-refractivity contribution in [3.63, 3.8) is 0 Å². The van der Waals surface area contributed by atoms with E-state index in [1.54, 1.807) is 43.0 Å². The third kappa shape index (κ3) is 2.38. The molecule has 0 atom stereocenters. The van der Waals surface area contributed by atoms with Crippen LogP contribution < -0.4 is 4.90 Å². The molecule has 0 saturated heterocycles. The van der Waals surface area contributed by atoms with E-state index >= 15 is 0 Å². The molecule has 3 rings (SSSR count). The van der Waals surface area contributed by atoms with Crippen molar-refractivity contribution < 1.29 is 13.2 Å². The Morgan fingerprint density at radius 2 is 2.14 bits per heavy atom. The van der Waals surface area contributed by atoms with Crippen LogP contribution in [-0.4, -0.2) is 42.0 Å². The van der Waals surface area contributed by atoms with Gasteiger partial charge in [0.1, 0.15) is 0 Å². The molecule has 22 heavy (non-hydrogen) atoms. The molecule has 1 amide bonds. The van der Waals surface area contributed by atoms with Crippen molar-refractivity contribution in [3.05, 3.63) is 41.7 Å². The summed E-state index contributed by atoms with van der Waals surface area (Å²) in [5.74, 6) is -0.409. The predicted octanol–water partition coefficient (Wildman–Crippen LogP) is 1.47. The van der Waals surface area contributed by atoms with Gasteiger partial charge in [-0.05, 0) is 12.1 Å². The van der Waals surface area contributed by atoms with Gasteiger partial charge in [0.25, 0.3) is 5.91 Å². The largest absolute Gasteiger partial charge is 0.290 e. The van der Waals surface area contributed by atoms with Gasteiger partial charge in [0.05, 0.1) is 5.52 Å². The highest BCUT2D eigenvalue weighted by Crippen LogP contribution is 2.22. The van der Waals surface area contributed by atoms with Crippen LogP contribution in [0.4, 0.5) is 5.13 Å². The van der Waals surface area contributed by atoms with Crippen LogP contribution in [-0.2, 0) is 9.84 Å². The average Bonchev–Trinajstić information content (AvgIpc) is 3.12. The number of amides is 1. The standard InChI is InChI=1S/C13H12N4O3S2/c1-16(12-14-6-8-21-12)11(18)10-9-5-3-4-7-17(9)13(15-10)22(2,19)20/h3-8H,1-2H3. The van der Waals surface area contributed by atoms with Crippen LogP contribution in [0.15, 0.2) is 41.1 Å². The first-order valence-corrected chi connectivity index (χ1v) is 9.01. The van der Waals surface area contributed by atoms with E-state index in [-0.39, 0.29) is 10.9 Å². The zero-order valence-electron chi connectivity index (χ0n) is 11.8. The summed E-state index contributed by atoms with van der Waals surface area (Å²) in [6.07, 6.45) is 4.23. The van der Waals surface area contributed by atoms with Crippen LogP contribution in [0.1, 0.15) is 10.5 Å². The monoisotopic (exact) mass is 336 g/mol. The number of sulfone groups is 1. The maximum atomic E-state index is 12.6. The highest BCUT2D eigenvalue weighted by atomic mass is 32.2. The number of fused-ring (bicyclic) bond motifs is 1. The SMILES string of the molecule is CN(C(=O)c1nc(S(C)(=O)=O)n2ccccc12)c1nccs1. The number of imidazole rings is 1. The van der Waals surface area contributed by atoms with Gasteiger partial charge in [-0.15, -0.1) is 11.3 Å². The number of hydrogen-bond acceptors (Lipinski definition) is 6. The van der Waals surface area contributed by atoms with Crippen molar-refractivity contribution in [2.45, 2.75) is 5.16 Å². The molecule has 0 aliphatic carbocycles. The summed E-state index contributed by atoms with van der Waals surface area (Å²) in [4.78, 5) is 22.1. The van der Waals surface area contributed by atoms with E-state index in [4.69, 9.17) is 0 Å². The number of anilines is 1. The van der Waals surface area contributed by atoms with Gasteiger partial charge >= 0.3 is 0 Å². The lowest BCUT2D eigenvalue weighted by molar-refractivity contribution is 0.0990. The summed E-state index contributed by atoms with van der Waals surface area (Å²) >= 11 is 1.31. The van der Waals surface area contributed by atoms with Crippen molar-refractivity contribution in [1.29, 1.82) is 0 Å². The van der Waals surface area contributed by atoms with Crippen LogP contribution in [0.25, 0.3) is 5.52 Å². The van der Waals surface area contributed by atoms with Crippen LogP contribution in [0, 0.1) is 0 Å². The van der Waals surface area contributed by atoms with E-state index in [0.29, 0.717) is 10.6 Å². The number of carbonyl (C=O) groups excluding carboxylic acids is 1. The molecule has 114 valence electrons. The smallest absolute Gasteiger partial charge is 0.280 e. The molecule has 0 N–H and O–H groups in total. The molecule has 0 spiro atoms. The molecule has 0 aliphatic rings. The molecule has 3 aromatic heterocycles. The van der Waals surface area contributed by atoms with E-state index in [9.17, 15) is 13.2 Å². The van der Waals surface area contributed by atoms with Crippen LogP contribution >= 0.6 is 11.3 Å². The third-order valence-corrected chi connectivity index (χ3v) is 4.86. The second-order valence-electron chi connectivity index (χ2n) is 4.65. The van der Waals surface area contributed by atoms with Crippen molar-refractivity contribution >= 4 is 37.7 Å². The van der Waals surface area contributed by atoms with Crippen LogP contribution in [0.2, 0.25) is 0 Å². The van der Waals surface area contributed by atoms with Gasteiger partial charge in [-0.1, -0.05) is 6.07 Å². The quantitative estimate of drug-likeness (QED) is 0.723.